The third-order valence-corrected chi connectivity index (χ3v) is 3.41. The van der Waals surface area contributed by atoms with E-state index in [9.17, 15) is 9.59 Å². The second kappa shape index (κ2) is 7.02. The van der Waals surface area contributed by atoms with Gasteiger partial charge in [0.1, 0.15) is 0 Å². The van der Waals surface area contributed by atoms with Gasteiger partial charge in [-0.05, 0) is 32.4 Å². The monoisotopic (exact) mass is 300 g/mol. The quantitative estimate of drug-likeness (QED) is 0.833. The number of carbonyl (C=O) groups excluding carboxylic acids is 2. The summed E-state index contributed by atoms with van der Waals surface area (Å²) in [4.78, 5) is 24.0. The Morgan fingerprint density at radius 1 is 1.14 bits per heavy atom. The highest BCUT2D eigenvalue weighted by Crippen LogP contribution is 2.14. The van der Waals surface area contributed by atoms with E-state index >= 15 is 0 Å². The van der Waals surface area contributed by atoms with Crippen molar-refractivity contribution in [1.82, 2.24) is 10.5 Å². The van der Waals surface area contributed by atoms with Gasteiger partial charge in [-0.1, -0.05) is 22.9 Å². The number of nitrogens with zero attached hydrogens (tertiary/aromatic N) is 1. The van der Waals surface area contributed by atoms with Crippen molar-refractivity contribution in [2.45, 2.75) is 40.2 Å². The lowest BCUT2D eigenvalue weighted by Gasteiger charge is -2.06. The molecule has 5 heteroatoms. The zero-order valence-corrected chi connectivity index (χ0v) is 13.1. The second-order valence-corrected chi connectivity index (χ2v) is 5.45. The van der Waals surface area contributed by atoms with Crippen LogP contribution in [0.5, 0.6) is 0 Å². The summed E-state index contributed by atoms with van der Waals surface area (Å²) in [6, 6.07) is 7.53. The van der Waals surface area contributed by atoms with Gasteiger partial charge in [-0.2, -0.15) is 0 Å². The average molecular weight is 300 g/mol. The van der Waals surface area contributed by atoms with Gasteiger partial charge in [0.2, 0.25) is 5.91 Å². The molecular weight excluding hydrogens is 280 g/mol. The lowest BCUT2D eigenvalue weighted by molar-refractivity contribution is -0.121. The Balaban J connectivity index is 1.83. The molecule has 0 unspecified atom stereocenters. The zero-order chi connectivity index (χ0) is 16.1. The molecule has 0 atom stereocenters. The summed E-state index contributed by atoms with van der Waals surface area (Å²) in [5.74, 6) is 0.422. The summed E-state index contributed by atoms with van der Waals surface area (Å²) in [5.41, 5.74) is 3.44. The maximum Gasteiger partial charge on any atom is 0.220 e. The number of ketones is 1. The van der Waals surface area contributed by atoms with Gasteiger partial charge in [-0.25, -0.2) is 0 Å². The van der Waals surface area contributed by atoms with Gasteiger partial charge in [-0.3, -0.25) is 9.59 Å². The first-order valence-corrected chi connectivity index (χ1v) is 7.25. The Hall–Kier alpha value is -2.43. The van der Waals surface area contributed by atoms with Crippen molar-refractivity contribution in [2.24, 2.45) is 0 Å². The third kappa shape index (κ3) is 4.28. The summed E-state index contributed by atoms with van der Waals surface area (Å²) in [7, 11) is 0. The molecular formula is C17H20N2O3. The van der Waals surface area contributed by atoms with Crippen molar-refractivity contribution in [2.75, 3.05) is 0 Å². The van der Waals surface area contributed by atoms with E-state index in [-0.39, 0.29) is 31.1 Å². The maximum absolute atomic E-state index is 12.2. The molecule has 1 aromatic carbocycles. The number of carbonyl (C=O) groups is 2. The first-order chi connectivity index (χ1) is 10.5. The molecule has 1 aromatic heterocycles. The molecule has 0 aliphatic rings. The van der Waals surface area contributed by atoms with E-state index < -0.39 is 0 Å². The predicted molar refractivity (Wildman–Crippen MR) is 82.6 cm³/mol. The lowest BCUT2D eigenvalue weighted by Crippen LogP contribution is -2.23. The fourth-order valence-electron chi connectivity index (χ4n) is 2.17. The molecule has 0 radical (unpaired) electrons. The van der Waals surface area contributed by atoms with Crippen LogP contribution in [0.1, 0.15) is 45.8 Å². The Morgan fingerprint density at radius 2 is 1.91 bits per heavy atom. The van der Waals surface area contributed by atoms with Gasteiger partial charge in [-0.15, -0.1) is 0 Å². The van der Waals surface area contributed by atoms with Crippen LogP contribution in [0.25, 0.3) is 0 Å². The molecule has 5 nitrogen and oxygen atoms in total. The minimum absolute atomic E-state index is 0.00754. The van der Waals surface area contributed by atoms with E-state index in [4.69, 9.17) is 4.52 Å². The zero-order valence-electron chi connectivity index (χ0n) is 13.1. The van der Waals surface area contributed by atoms with Crippen molar-refractivity contribution in [3.8, 4) is 0 Å². The van der Waals surface area contributed by atoms with Crippen LogP contribution < -0.4 is 5.32 Å². The Morgan fingerprint density at radius 3 is 2.59 bits per heavy atom. The summed E-state index contributed by atoms with van der Waals surface area (Å²) in [6.07, 6.45) is 0.366. The molecule has 0 aliphatic heterocycles. The van der Waals surface area contributed by atoms with E-state index in [1.54, 1.807) is 6.07 Å². The second-order valence-electron chi connectivity index (χ2n) is 5.45. The number of aryl methyl sites for hydroxylation is 3. The number of benzene rings is 1. The largest absolute Gasteiger partial charge is 0.359 e. The minimum Gasteiger partial charge on any atom is -0.359 e. The molecule has 0 saturated carbocycles. The predicted octanol–water partition coefficient (Wildman–Crippen LogP) is 2.88. The summed E-state index contributed by atoms with van der Waals surface area (Å²) >= 11 is 0. The van der Waals surface area contributed by atoms with Crippen LogP contribution in [-0.2, 0) is 11.3 Å². The standard InChI is InChI=1S/C17H20N2O3/c1-11-4-5-12(2)15(8-11)16(20)6-7-17(21)18-10-14-9-13(3)19-22-14/h4-5,8-9H,6-7,10H2,1-3H3,(H,18,21). The molecule has 0 bridgehead atoms. The van der Waals surface area contributed by atoms with Crippen LogP contribution in [0.2, 0.25) is 0 Å². The van der Waals surface area contributed by atoms with Gasteiger partial charge in [0, 0.05) is 24.5 Å². The number of amides is 1. The lowest BCUT2D eigenvalue weighted by atomic mass is 9.99. The van der Waals surface area contributed by atoms with E-state index in [0.717, 1.165) is 16.8 Å². The first-order valence-electron chi connectivity index (χ1n) is 7.25. The summed E-state index contributed by atoms with van der Waals surface area (Å²) < 4.78 is 5.01. The third-order valence-electron chi connectivity index (χ3n) is 3.41. The van der Waals surface area contributed by atoms with Crippen molar-refractivity contribution in [3.05, 3.63) is 52.4 Å². The van der Waals surface area contributed by atoms with E-state index in [1.807, 2.05) is 39.0 Å². The molecule has 116 valence electrons. The highest BCUT2D eigenvalue weighted by atomic mass is 16.5. The van der Waals surface area contributed by atoms with Crippen LogP contribution in [0, 0.1) is 20.8 Å². The molecule has 2 rings (SSSR count). The molecule has 1 N–H and O–H groups in total. The number of rotatable bonds is 6. The van der Waals surface area contributed by atoms with Crippen molar-refractivity contribution >= 4 is 11.7 Å². The van der Waals surface area contributed by atoms with Crippen LogP contribution in [-0.4, -0.2) is 16.8 Å². The number of aromatic nitrogens is 1. The van der Waals surface area contributed by atoms with Crippen LogP contribution >= 0.6 is 0 Å². The summed E-state index contributed by atoms with van der Waals surface area (Å²) in [6.45, 7) is 5.95. The Labute approximate surface area is 129 Å². The van der Waals surface area contributed by atoms with Gasteiger partial charge in [0.25, 0.3) is 0 Å². The average Bonchev–Trinajstić information content (AvgIpc) is 2.90. The highest BCUT2D eigenvalue weighted by molar-refractivity contribution is 5.99. The smallest absolute Gasteiger partial charge is 0.220 e. The molecule has 0 fully saturated rings. The van der Waals surface area contributed by atoms with Crippen LogP contribution in [0.4, 0.5) is 0 Å². The maximum atomic E-state index is 12.2. The number of nitrogens with one attached hydrogen (secondary N) is 1. The van der Waals surface area contributed by atoms with E-state index in [2.05, 4.69) is 10.5 Å². The number of hydrogen-bond acceptors (Lipinski definition) is 4. The fraction of sp³-hybridized carbons (Fsp3) is 0.353. The molecule has 1 amide bonds. The molecule has 2 aromatic rings. The molecule has 0 aliphatic carbocycles. The van der Waals surface area contributed by atoms with Gasteiger partial charge in [0.05, 0.1) is 12.2 Å². The summed E-state index contributed by atoms with van der Waals surface area (Å²) in [5, 5.41) is 6.47. The van der Waals surface area contributed by atoms with E-state index in [0.29, 0.717) is 11.3 Å². The molecule has 22 heavy (non-hydrogen) atoms. The molecule has 1 heterocycles. The topological polar surface area (TPSA) is 72.2 Å². The van der Waals surface area contributed by atoms with Gasteiger partial charge >= 0.3 is 0 Å². The SMILES string of the molecule is Cc1ccc(C)c(C(=O)CCC(=O)NCc2cc(C)no2)c1. The Kier molecular flexibility index (Phi) is 5.09. The van der Waals surface area contributed by atoms with Gasteiger partial charge < -0.3 is 9.84 Å². The van der Waals surface area contributed by atoms with E-state index in [1.165, 1.54) is 0 Å². The number of Topliss-reactive ketones (excluding diaryl/α,β-unsaturated/α-hetero) is 1. The number of hydrogen-bond donors (Lipinski definition) is 1. The van der Waals surface area contributed by atoms with Crippen molar-refractivity contribution in [1.29, 1.82) is 0 Å². The van der Waals surface area contributed by atoms with Crippen molar-refractivity contribution < 1.29 is 14.1 Å². The van der Waals surface area contributed by atoms with Crippen LogP contribution in [0.3, 0.4) is 0 Å². The normalized spacial score (nSPS) is 10.5. The minimum atomic E-state index is -0.173. The van der Waals surface area contributed by atoms with Crippen molar-refractivity contribution in [3.63, 3.8) is 0 Å². The van der Waals surface area contributed by atoms with Crippen LogP contribution in [0.15, 0.2) is 28.8 Å². The molecule has 0 saturated heterocycles. The highest BCUT2D eigenvalue weighted by Gasteiger charge is 2.12. The first kappa shape index (κ1) is 15.9. The van der Waals surface area contributed by atoms with Gasteiger partial charge in [0.15, 0.2) is 11.5 Å². The molecule has 0 spiro atoms. The Bertz CT molecular complexity index is 689. The fourth-order valence-corrected chi connectivity index (χ4v) is 2.17.